The molecule has 0 amide bonds. The summed E-state index contributed by atoms with van der Waals surface area (Å²) in [5.74, 6) is 0.264. The van der Waals surface area contributed by atoms with Crippen LogP contribution in [0.5, 0.6) is 0 Å². The third-order valence-corrected chi connectivity index (χ3v) is 3.91. The molecule has 2 rings (SSSR count). The van der Waals surface area contributed by atoms with E-state index in [0.717, 1.165) is 0 Å². The van der Waals surface area contributed by atoms with Crippen molar-refractivity contribution in [3.05, 3.63) is 41.3 Å². The molecule has 4 heteroatoms. The molecule has 1 aromatic carbocycles. The molecule has 1 saturated carbocycles. The fourth-order valence-electron chi connectivity index (χ4n) is 2.75. The Labute approximate surface area is 125 Å². The van der Waals surface area contributed by atoms with E-state index in [0.29, 0.717) is 11.6 Å². The number of hydrogen-bond acceptors (Lipinski definition) is 4. The number of hydrogen-bond donors (Lipinski definition) is 1. The van der Waals surface area contributed by atoms with E-state index in [9.17, 15) is 9.90 Å². The molecular weight excluding hydrogens is 264 g/mol. The van der Waals surface area contributed by atoms with E-state index in [-0.39, 0.29) is 17.2 Å². The molecular formula is C17H22N2O2. The number of azo groups is 1. The zero-order valence-electron chi connectivity index (χ0n) is 12.7. The molecule has 0 atom stereocenters. The summed E-state index contributed by atoms with van der Waals surface area (Å²) in [6, 6.07) is 8.01. The van der Waals surface area contributed by atoms with Gasteiger partial charge >= 0.3 is 0 Å². The smallest absolute Gasteiger partial charge is 0.183 e. The number of benzene rings is 1. The molecule has 0 bridgehead atoms. The highest BCUT2D eigenvalue weighted by Crippen LogP contribution is 2.33. The van der Waals surface area contributed by atoms with Gasteiger partial charge in [-0.2, -0.15) is 5.11 Å². The molecule has 1 aromatic rings. The number of aliphatic hydroxyl groups excluding tert-OH is 1. The number of carbonyl (C=O) groups excluding carboxylic acids is 1. The number of Topliss-reactive ketones (excluding diaryl/α,β-unsaturated/α-hetero) is 1. The second-order valence-corrected chi connectivity index (χ2v) is 5.62. The molecule has 0 spiro atoms. The second kappa shape index (κ2) is 7.16. The lowest BCUT2D eigenvalue weighted by Crippen LogP contribution is -2.03. The Bertz CT molecular complexity index is 549. The molecule has 0 aliphatic heterocycles. The number of rotatable bonds is 4. The van der Waals surface area contributed by atoms with Crippen molar-refractivity contribution in [2.24, 2.45) is 10.2 Å². The summed E-state index contributed by atoms with van der Waals surface area (Å²) in [7, 11) is 0. The maximum Gasteiger partial charge on any atom is 0.183 e. The van der Waals surface area contributed by atoms with Crippen molar-refractivity contribution >= 4 is 11.5 Å². The lowest BCUT2D eigenvalue weighted by atomic mass is 9.84. The normalized spacial score (nSPS) is 17.8. The minimum Gasteiger partial charge on any atom is -0.510 e. The van der Waals surface area contributed by atoms with Gasteiger partial charge in [0, 0.05) is 6.92 Å². The number of aliphatic hydroxyl groups is 1. The van der Waals surface area contributed by atoms with E-state index in [1.807, 2.05) is 12.1 Å². The van der Waals surface area contributed by atoms with Gasteiger partial charge in [0.05, 0.1) is 5.69 Å². The topological polar surface area (TPSA) is 62.0 Å². The van der Waals surface area contributed by atoms with Crippen molar-refractivity contribution in [3.63, 3.8) is 0 Å². The summed E-state index contributed by atoms with van der Waals surface area (Å²) in [5.41, 5.74) is 2.05. The standard InChI is InChI=1S/C17H22N2O2/c1-12(20)17(13(2)21)19-18-16-10-8-15(9-11-16)14-6-4-3-5-7-14/h8-11,14,20H,3-7H2,1-2H3. The molecule has 4 nitrogen and oxygen atoms in total. The predicted octanol–water partition coefficient (Wildman–Crippen LogP) is 5.20. The van der Waals surface area contributed by atoms with E-state index in [1.54, 1.807) is 0 Å². The lowest BCUT2D eigenvalue weighted by Gasteiger charge is -2.21. The minimum atomic E-state index is -0.294. The molecule has 0 unspecified atom stereocenters. The van der Waals surface area contributed by atoms with Crippen LogP contribution in [-0.4, -0.2) is 10.9 Å². The van der Waals surface area contributed by atoms with Crippen molar-refractivity contribution < 1.29 is 9.90 Å². The van der Waals surface area contributed by atoms with Crippen LogP contribution >= 0.6 is 0 Å². The van der Waals surface area contributed by atoms with Gasteiger partial charge in [0.1, 0.15) is 5.76 Å². The highest BCUT2D eigenvalue weighted by Gasteiger charge is 2.15. The average Bonchev–Trinajstić information content (AvgIpc) is 2.48. The van der Waals surface area contributed by atoms with Crippen LogP contribution in [0, 0.1) is 0 Å². The van der Waals surface area contributed by atoms with E-state index in [2.05, 4.69) is 22.4 Å². The molecule has 112 valence electrons. The van der Waals surface area contributed by atoms with Crippen LogP contribution in [0.4, 0.5) is 5.69 Å². The van der Waals surface area contributed by atoms with Crippen LogP contribution < -0.4 is 0 Å². The molecule has 0 radical (unpaired) electrons. The lowest BCUT2D eigenvalue weighted by molar-refractivity contribution is -0.113. The molecule has 1 fully saturated rings. The Kier molecular flexibility index (Phi) is 5.26. The van der Waals surface area contributed by atoms with Gasteiger partial charge in [0.2, 0.25) is 0 Å². The van der Waals surface area contributed by atoms with Crippen molar-refractivity contribution in [2.75, 3.05) is 0 Å². The van der Waals surface area contributed by atoms with Gasteiger partial charge in [-0.3, -0.25) is 4.79 Å². The number of ketones is 1. The molecule has 0 heterocycles. The maximum atomic E-state index is 11.3. The zero-order chi connectivity index (χ0) is 15.2. The van der Waals surface area contributed by atoms with Gasteiger partial charge < -0.3 is 5.11 Å². The third kappa shape index (κ3) is 4.25. The number of carbonyl (C=O) groups is 1. The summed E-state index contributed by atoms with van der Waals surface area (Å²) >= 11 is 0. The fraction of sp³-hybridized carbons (Fsp3) is 0.471. The predicted molar refractivity (Wildman–Crippen MR) is 82.8 cm³/mol. The molecule has 21 heavy (non-hydrogen) atoms. The average molecular weight is 286 g/mol. The summed E-state index contributed by atoms with van der Waals surface area (Å²) in [4.78, 5) is 11.3. The van der Waals surface area contributed by atoms with Gasteiger partial charge in [-0.25, -0.2) is 0 Å². The van der Waals surface area contributed by atoms with Crippen LogP contribution in [0.3, 0.4) is 0 Å². The van der Waals surface area contributed by atoms with Crippen LogP contribution in [0.1, 0.15) is 57.4 Å². The first-order chi connectivity index (χ1) is 10.1. The fourth-order valence-corrected chi connectivity index (χ4v) is 2.75. The van der Waals surface area contributed by atoms with Crippen LogP contribution in [0.25, 0.3) is 0 Å². The largest absolute Gasteiger partial charge is 0.510 e. The van der Waals surface area contributed by atoms with Gasteiger partial charge in [-0.05, 0) is 43.4 Å². The van der Waals surface area contributed by atoms with E-state index >= 15 is 0 Å². The first-order valence-corrected chi connectivity index (χ1v) is 7.50. The third-order valence-electron chi connectivity index (χ3n) is 3.91. The molecule has 1 N–H and O–H groups in total. The quantitative estimate of drug-likeness (QED) is 0.470. The molecule has 0 saturated heterocycles. The van der Waals surface area contributed by atoms with E-state index in [4.69, 9.17) is 0 Å². The van der Waals surface area contributed by atoms with Gasteiger partial charge in [-0.15, -0.1) is 5.11 Å². The Morgan fingerprint density at radius 3 is 2.24 bits per heavy atom. The maximum absolute atomic E-state index is 11.3. The minimum absolute atomic E-state index is 0.00589. The Morgan fingerprint density at radius 2 is 1.71 bits per heavy atom. The monoisotopic (exact) mass is 286 g/mol. The second-order valence-electron chi connectivity index (χ2n) is 5.62. The van der Waals surface area contributed by atoms with E-state index < -0.39 is 0 Å². The Morgan fingerprint density at radius 1 is 1.10 bits per heavy atom. The van der Waals surface area contributed by atoms with Crippen molar-refractivity contribution in [1.29, 1.82) is 0 Å². The number of allylic oxidation sites excluding steroid dienone is 2. The summed E-state index contributed by atoms with van der Waals surface area (Å²) in [6.45, 7) is 2.79. The SMILES string of the molecule is CC(=O)C(N=Nc1ccc(C2CCCCC2)cc1)=C(C)O. The van der Waals surface area contributed by atoms with Crippen molar-refractivity contribution in [1.82, 2.24) is 0 Å². The summed E-state index contributed by atoms with van der Waals surface area (Å²) < 4.78 is 0. The van der Waals surface area contributed by atoms with Crippen LogP contribution in [0.2, 0.25) is 0 Å². The van der Waals surface area contributed by atoms with E-state index in [1.165, 1.54) is 51.5 Å². The van der Waals surface area contributed by atoms with Gasteiger partial charge in [-0.1, -0.05) is 31.4 Å². The highest BCUT2D eigenvalue weighted by molar-refractivity contribution is 5.93. The van der Waals surface area contributed by atoms with Crippen molar-refractivity contribution in [2.45, 2.75) is 51.9 Å². The van der Waals surface area contributed by atoms with Gasteiger partial charge in [0.25, 0.3) is 0 Å². The molecule has 1 aliphatic rings. The Balaban J connectivity index is 2.08. The highest BCUT2D eigenvalue weighted by atomic mass is 16.3. The Hall–Kier alpha value is -1.97. The zero-order valence-corrected chi connectivity index (χ0v) is 12.7. The van der Waals surface area contributed by atoms with Crippen LogP contribution in [-0.2, 0) is 4.79 Å². The summed E-state index contributed by atoms with van der Waals surface area (Å²) in [5, 5.41) is 17.2. The number of nitrogens with zero attached hydrogens (tertiary/aromatic N) is 2. The summed E-state index contributed by atoms with van der Waals surface area (Å²) in [6.07, 6.45) is 6.51. The molecule has 0 aromatic heterocycles. The first-order valence-electron chi connectivity index (χ1n) is 7.50. The molecule has 1 aliphatic carbocycles. The van der Waals surface area contributed by atoms with Gasteiger partial charge in [0.15, 0.2) is 11.5 Å². The van der Waals surface area contributed by atoms with Crippen molar-refractivity contribution in [3.8, 4) is 0 Å². The van der Waals surface area contributed by atoms with Crippen LogP contribution in [0.15, 0.2) is 46.0 Å². The first kappa shape index (κ1) is 15.4.